The minimum atomic E-state index is -0.383. The maximum Gasteiger partial charge on any atom is 0.261 e. The molecule has 0 unspecified atom stereocenters. The standard InChI is InChI=1S/C15H13FN2O2S/c16-10-3-1-4-12(7-10)18-9-11(8-14(18)19)17-15(20)13-5-2-6-21-13/h1-7,11H,8-9H2,(H,17,20)/t11-/m0/s1. The van der Waals surface area contributed by atoms with Crippen LogP contribution in [0, 0.1) is 5.82 Å². The van der Waals surface area contributed by atoms with Gasteiger partial charge in [0.15, 0.2) is 0 Å². The van der Waals surface area contributed by atoms with E-state index in [1.807, 2.05) is 5.38 Å². The molecule has 1 N–H and O–H groups in total. The van der Waals surface area contributed by atoms with Crippen molar-refractivity contribution in [1.82, 2.24) is 5.32 Å². The van der Waals surface area contributed by atoms with Crippen molar-refractivity contribution in [3.8, 4) is 0 Å². The Morgan fingerprint density at radius 2 is 2.19 bits per heavy atom. The van der Waals surface area contributed by atoms with Crippen LogP contribution >= 0.6 is 11.3 Å². The van der Waals surface area contributed by atoms with Crippen LogP contribution in [0.1, 0.15) is 16.1 Å². The fourth-order valence-corrected chi connectivity index (χ4v) is 2.99. The van der Waals surface area contributed by atoms with E-state index in [2.05, 4.69) is 5.32 Å². The van der Waals surface area contributed by atoms with Crippen LogP contribution in [0.25, 0.3) is 0 Å². The Hall–Kier alpha value is -2.21. The summed E-state index contributed by atoms with van der Waals surface area (Å²) in [6.07, 6.45) is 0.230. The van der Waals surface area contributed by atoms with Gasteiger partial charge in [0.2, 0.25) is 5.91 Å². The number of halogens is 1. The Bertz CT molecular complexity index is 672. The molecule has 3 rings (SSSR count). The molecule has 0 aliphatic carbocycles. The van der Waals surface area contributed by atoms with E-state index in [1.54, 1.807) is 24.3 Å². The monoisotopic (exact) mass is 304 g/mol. The lowest BCUT2D eigenvalue weighted by molar-refractivity contribution is -0.117. The second-order valence-corrected chi connectivity index (χ2v) is 5.78. The number of hydrogen-bond acceptors (Lipinski definition) is 3. The van der Waals surface area contributed by atoms with Gasteiger partial charge in [-0.1, -0.05) is 12.1 Å². The van der Waals surface area contributed by atoms with E-state index in [4.69, 9.17) is 0 Å². The molecule has 0 bridgehead atoms. The number of nitrogens with zero attached hydrogens (tertiary/aromatic N) is 1. The molecular weight excluding hydrogens is 291 g/mol. The summed E-state index contributed by atoms with van der Waals surface area (Å²) in [5.74, 6) is -0.674. The van der Waals surface area contributed by atoms with Gasteiger partial charge in [-0.15, -0.1) is 11.3 Å². The van der Waals surface area contributed by atoms with Gasteiger partial charge in [0.25, 0.3) is 5.91 Å². The lowest BCUT2D eigenvalue weighted by atomic mass is 10.2. The van der Waals surface area contributed by atoms with Crippen LogP contribution in [0.4, 0.5) is 10.1 Å². The quantitative estimate of drug-likeness (QED) is 0.947. The molecule has 1 aliphatic heterocycles. The second-order valence-electron chi connectivity index (χ2n) is 4.84. The smallest absolute Gasteiger partial charge is 0.261 e. The van der Waals surface area contributed by atoms with Crippen molar-refractivity contribution >= 4 is 28.8 Å². The highest BCUT2D eigenvalue weighted by Crippen LogP contribution is 2.22. The number of amides is 2. The maximum atomic E-state index is 13.2. The lowest BCUT2D eigenvalue weighted by Crippen LogP contribution is -2.36. The summed E-state index contributed by atoms with van der Waals surface area (Å²) in [4.78, 5) is 26.1. The molecule has 1 atom stereocenters. The summed E-state index contributed by atoms with van der Waals surface area (Å²) >= 11 is 1.35. The van der Waals surface area contributed by atoms with Crippen molar-refractivity contribution < 1.29 is 14.0 Å². The van der Waals surface area contributed by atoms with Crippen LogP contribution in [0.2, 0.25) is 0 Å². The van der Waals surface area contributed by atoms with Crippen molar-refractivity contribution in [2.45, 2.75) is 12.5 Å². The van der Waals surface area contributed by atoms with E-state index < -0.39 is 0 Å². The van der Waals surface area contributed by atoms with Gasteiger partial charge >= 0.3 is 0 Å². The summed E-state index contributed by atoms with van der Waals surface area (Å²) in [7, 11) is 0. The van der Waals surface area contributed by atoms with Gasteiger partial charge < -0.3 is 10.2 Å². The minimum absolute atomic E-state index is 0.114. The fourth-order valence-electron chi connectivity index (χ4n) is 2.36. The van der Waals surface area contributed by atoms with Crippen molar-refractivity contribution in [2.24, 2.45) is 0 Å². The Kier molecular flexibility index (Phi) is 3.70. The van der Waals surface area contributed by atoms with E-state index in [9.17, 15) is 14.0 Å². The number of rotatable bonds is 3. The first-order chi connectivity index (χ1) is 10.1. The van der Waals surface area contributed by atoms with E-state index in [0.717, 1.165) is 0 Å². The molecule has 21 heavy (non-hydrogen) atoms. The predicted octanol–water partition coefficient (Wildman–Crippen LogP) is 2.42. The van der Waals surface area contributed by atoms with Crippen LogP contribution < -0.4 is 10.2 Å². The van der Waals surface area contributed by atoms with Gasteiger partial charge in [-0.25, -0.2) is 4.39 Å². The van der Waals surface area contributed by atoms with Gasteiger partial charge in [0.05, 0.1) is 10.9 Å². The highest BCUT2D eigenvalue weighted by molar-refractivity contribution is 7.12. The molecule has 6 heteroatoms. The Balaban J connectivity index is 1.69. The molecule has 1 aromatic carbocycles. The average Bonchev–Trinajstić information content (AvgIpc) is 3.08. The largest absolute Gasteiger partial charge is 0.346 e. The topological polar surface area (TPSA) is 49.4 Å². The van der Waals surface area contributed by atoms with Crippen molar-refractivity contribution in [2.75, 3.05) is 11.4 Å². The number of thiophene rings is 1. The zero-order chi connectivity index (χ0) is 14.8. The molecule has 0 spiro atoms. The third kappa shape index (κ3) is 2.95. The van der Waals surface area contributed by atoms with Gasteiger partial charge in [-0.3, -0.25) is 9.59 Å². The molecule has 0 saturated carbocycles. The van der Waals surface area contributed by atoms with E-state index in [1.165, 1.54) is 28.4 Å². The summed E-state index contributed by atoms with van der Waals surface area (Å²) in [6, 6.07) is 9.19. The molecule has 2 amide bonds. The number of carbonyl (C=O) groups excluding carboxylic acids is 2. The summed E-state index contributed by atoms with van der Waals surface area (Å²) in [5.41, 5.74) is 0.521. The normalized spacial score (nSPS) is 18.0. The Morgan fingerprint density at radius 1 is 1.33 bits per heavy atom. The van der Waals surface area contributed by atoms with Gasteiger partial charge in [0, 0.05) is 18.7 Å². The zero-order valence-corrected chi connectivity index (χ0v) is 11.9. The highest BCUT2D eigenvalue weighted by atomic mass is 32.1. The first-order valence-corrected chi connectivity index (χ1v) is 7.42. The molecular formula is C15H13FN2O2S. The first-order valence-electron chi connectivity index (χ1n) is 6.54. The first kappa shape index (κ1) is 13.8. The van der Waals surface area contributed by atoms with Gasteiger partial charge in [0.1, 0.15) is 5.82 Å². The number of carbonyl (C=O) groups is 2. The molecule has 1 aromatic heterocycles. The third-order valence-electron chi connectivity index (χ3n) is 3.33. The molecule has 108 valence electrons. The van der Waals surface area contributed by atoms with Crippen molar-refractivity contribution in [3.05, 3.63) is 52.5 Å². The molecule has 1 fully saturated rings. The predicted molar refractivity (Wildman–Crippen MR) is 78.9 cm³/mol. The lowest BCUT2D eigenvalue weighted by Gasteiger charge is -2.17. The minimum Gasteiger partial charge on any atom is -0.346 e. The van der Waals surface area contributed by atoms with Crippen LogP contribution in [-0.2, 0) is 4.79 Å². The average molecular weight is 304 g/mol. The maximum absolute atomic E-state index is 13.2. The van der Waals surface area contributed by atoms with E-state index in [0.29, 0.717) is 17.1 Å². The number of hydrogen-bond donors (Lipinski definition) is 1. The summed E-state index contributed by atoms with van der Waals surface area (Å²) in [5, 5.41) is 4.67. The van der Waals surface area contributed by atoms with Crippen molar-refractivity contribution in [3.63, 3.8) is 0 Å². The van der Waals surface area contributed by atoms with Crippen LogP contribution in [0.3, 0.4) is 0 Å². The SMILES string of the molecule is O=C(N[C@H]1CC(=O)N(c2cccc(F)c2)C1)c1cccs1. The molecule has 2 heterocycles. The van der Waals surface area contributed by atoms with Crippen LogP contribution in [-0.4, -0.2) is 24.4 Å². The summed E-state index contributed by atoms with van der Waals surface area (Å²) in [6.45, 7) is 0.361. The van der Waals surface area contributed by atoms with Gasteiger partial charge in [-0.05, 0) is 29.6 Å². The molecule has 4 nitrogen and oxygen atoms in total. The molecule has 1 saturated heterocycles. The van der Waals surface area contributed by atoms with Gasteiger partial charge in [-0.2, -0.15) is 0 Å². The third-order valence-corrected chi connectivity index (χ3v) is 4.19. The molecule has 0 radical (unpaired) electrons. The fraction of sp³-hybridized carbons (Fsp3) is 0.200. The number of anilines is 1. The molecule has 1 aliphatic rings. The summed E-state index contributed by atoms with van der Waals surface area (Å²) < 4.78 is 13.2. The number of nitrogens with one attached hydrogen (secondary N) is 1. The van der Waals surface area contributed by atoms with Crippen molar-refractivity contribution in [1.29, 1.82) is 0 Å². The molecule has 2 aromatic rings. The Labute approximate surface area is 125 Å². The number of benzene rings is 1. The second kappa shape index (κ2) is 5.65. The Morgan fingerprint density at radius 3 is 2.90 bits per heavy atom. The highest BCUT2D eigenvalue weighted by Gasteiger charge is 2.31. The van der Waals surface area contributed by atoms with E-state index in [-0.39, 0.29) is 30.1 Å². The van der Waals surface area contributed by atoms with Crippen LogP contribution in [0.5, 0.6) is 0 Å². The van der Waals surface area contributed by atoms with E-state index >= 15 is 0 Å². The van der Waals surface area contributed by atoms with Crippen LogP contribution in [0.15, 0.2) is 41.8 Å². The zero-order valence-electron chi connectivity index (χ0n) is 11.1.